The first-order valence-electron chi connectivity index (χ1n) is 7.67. The Labute approximate surface area is 144 Å². The van der Waals surface area contributed by atoms with Crippen molar-refractivity contribution in [2.24, 2.45) is 4.99 Å². The number of fused-ring (bicyclic) bond motifs is 2. The average Bonchev–Trinajstić information content (AvgIpc) is 2.71. The highest BCUT2D eigenvalue weighted by Crippen LogP contribution is 2.29. The first kappa shape index (κ1) is 14.8. The lowest BCUT2D eigenvalue weighted by molar-refractivity contribution is 1.22. The zero-order chi connectivity index (χ0) is 16.4. The molecule has 3 aromatic rings. The van der Waals surface area contributed by atoms with Crippen LogP contribution in [0, 0.1) is 0 Å². The van der Waals surface area contributed by atoms with Gasteiger partial charge in [0.2, 0.25) is 0 Å². The van der Waals surface area contributed by atoms with Crippen molar-refractivity contribution in [1.29, 1.82) is 0 Å². The molecular formula is C20H15N3S. The van der Waals surface area contributed by atoms with Crippen molar-refractivity contribution in [1.82, 2.24) is 9.97 Å². The maximum absolute atomic E-state index is 4.76. The van der Waals surface area contributed by atoms with Gasteiger partial charge in [-0.1, -0.05) is 30.8 Å². The van der Waals surface area contributed by atoms with E-state index in [0.717, 1.165) is 44.1 Å². The molecule has 0 spiro atoms. The van der Waals surface area contributed by atoms with E-state index in [-0.39, 0.29) is 0 Å². The van der Waals surface area contributed by atoms with Crippen LogP contribution in [0.4, 0.5) is 0 Å². The first-order valence-corrected chi connectivity index (χ1v) is 8.65. The van der Waals surface area contributed by atoms with E-state index in [9.17, 15) is 0 Å². The Morgan fingerprint density at radius 3 is 2.92 bits per heavy atom. The third-order valence-electron chi connectivity index (χ3n) is 3.90. The van der Waals surface area contributed by atoms with Crippen molar-refractivity contribution in [2.45, 2.75) is 4.90 Å². The fourth-order valence-electron chi connectivity index (χ4n) is 2.62. The Morgan fingerprint density at radius 2 is 1.96 bits per heavy atom. The molecule has 0 amide bonds. The lowest BCUT2D eigenvalue weighted by atomic mass is 10.1. The van der Waals surface area contributed by atoms with Crippen molar-refractivity contribution < 1.29 is 0 Å². The second-order valence-electron chi connectivity index (χ2n) is 5.47. The Morgan fingerprint density at radius 1 is 1.04 bits per heavy atom. The van der Waals surface area contributed by atoms with Crippen LogP contribution in [0.25, 0.3) is 16.5 Å². The molecule has 0 saturated carbocycles. The zero-order valence-corrected chi connectivity index (χ0v) is 13.8. The summed E-state index contributed by atoms with van der Waals surface area (Å²) in [7, 11) is 0. The smallest absolute Gasteiger partial charge is 0.0860 e. The van der Waals surface area contributed by atoms with Crippen LogP contribution in [0.5, 0.6) is 0 Å². The van der Waals surface area contributed by atoms with E-state index in [1.165, 1.54) is 0 Å². The molecule has 3 nitrogen and oxygen atoms in total. The Balaban J connectivity index is 1.74. The highest BCUT2D eigenvalue weighted by molar-refractivity contribution is 8.00. The quantitative estimate of drug-likeness (QED) is 0.646. The van der Waals surface area contributed by atoms with Crippen LogP contribution < -0.4 is 0 Å². The molecule has 4 heteroatoms. The van der Waals surface area contributed by atoms with Crippen LogP contribution in [0.1, 0.15) is 11.3 Å². The maximum atomic E-state index is 4.76. The number of nitrogens with zero attached hydrogens (tertiary/aromatic N) is 3. The first-order chi connectivity index (χ1) is 11.8. The van der Waals surface area contributed by atoms with Gasteiger partial charge in [0.05, 0.1) is 16.9 Å². The van der Waals surface area contributed by atoms with Crippen molar-refractivity contribution in [3.63, 3.8) is 0 Å². The number of hydrogen-bond donors (Lipinski definition) is 0. The van der Waals surface area contributed by atoms with Crippen molar-refractivity contribution in [3.05, 3.63) is 85.0 Å². The fourth-order valence-corrected chi connectivity index (χ4v) is 3.62. The molecule has 0 aliphatic carbocycles. The minimum absolute atomic E-state index is 0.738. The molecule has 4 rings (SSSR count). The maximum Gasteiger partial charge on any atom is 0.0860 e. The Bertz CT molecular complexity index is 989. The van der Waals surface area contributed by atoms with Crippen molar-refractivity contribution in [3.8, 4) is 0 Å². The van der Waals surface area contributed by atoms with Gasteiger partial charge in [0.1, 0.15) is 0 Å². The summed E-state index contributed by atoms with van der Waals surface area (Å²) in [5, 5.41) is 1.14. The monoisotopic (exact) mass is 329 g/mol. The summed E-state index contributed by atoms with van der Waals surface area (Å²) in [5.74, 6) is 0.738. The standard InChI is InChI=1S/C20H15N3S/c1-14-8-11-22-19(13-24-20-12-21-10-9-16(14)20)18-7-6-15-4-2-3-5-17(15)23-18/h2-12H,1,13H2/b11-8-,22-19?. The van der Waals surface area contributed by atoms with E-state index in [1.807, 2.05) is 48.8 Å². The fraction of sp³-hybridized carbons (Fsp3) is 0.0500. The molecule has 0 radical (unpaired) electrons. The third kappa shape index (κ3) is 2.88. The van der Waals surface area contributed by atoms with Crippen LogP contribution in [0.15, 0.2) is 83.6 Å². The van der Waals surface area contributed by atoms with Crippen LogP contribution >= 0.6 is 11.8 Å². The summed E-state index contributed by atoms with van der Waals surface area (Å²) < 4.78 is 0. The molecule has 116 valence electrons. The highest BCUT2D eigenvalue weighted by Gasteiger charge is 2.12. The molecule has 0 bridgehead atoms. The number of thioether (sulfide) groups is 1. The number of pyridine rings is 2. The van der Waals surface area contributed by atoms with E-state index in [4.69, 9.17) is 4.98 Å². The van der Waals surface area contributed by atoms with Gasteiger partial charge >= 0.3 is 0 Å². The molecule has 0 unspecified atom stereocenters. The molecule has 2 aromatic heterocycles. The number of hydrogen-bond acceptors (Lipinski definition) is 4. The summed E-state index contributed by atoms with van der Waals surface area (Å²) >= 11 is 1.71. The third-order valence-corrected chi connectivity index (χ3v) is 4.95. The van der Waals surface area contributed by atoms with Crippen LogP contribution in [-0.2, 0) is 0 Å². The number of allylic oxidation sites excluding steroid dienone is 2. The average molecular weight is 329 g/mol. The number of para-hydroxylation sites is 1. The van der Waals surface area contributed by atoms with E-state index in [2.05, 4.69) is 28.7 Å². The van der Waals surface area contributed by atoms with E-state index < -0.39 is 0 Å². The van der Waals surface area contributed by atoms with Gasteiger partial charge in [-0.05, 0) is 35.4 Å². The van der Waals surface area contributed by atoms with Crippen LogP contribution in [0.2, 0.25) is 0 Å². The van der Waals surface area contributed by atoms with E-state index in [1.54, 1.807) is 18.0 Å². The van der Waals surface area contributed by atoms with Gasteiger partial charge < -0.3 is 0 Å². The predicted octanol–water partition coefficient (Wildman–Crippen LogP) is 4.75. The van der Waals surface area contributed by atoms with Gasteiger partial charge in [0, 0.05) is 34.6 Å². The molecule has 0 saturated heterocycles. The van der Waals surface area contributed by atoms with Gasteiger partial charge in [-0.2, -0.15) is 0 Å². The molecule has 1 aliphatic rings. The SMILES string of the molecule is C=C1/C=C\N=C(c2ccc3ccccc3n2)CSc2cnccc21. The molecule has 0 fully saturated rings. The number of aliphatic imine (C=N–C) groups is 1. The molecular weight excluding hydrogens is 314 g/mol. The van der Waals surface area contributed by atoms with Crippen molar-refractivity contribution >= 4 is 33.9 Å². The summed E-state index contributed by atoms with van der Waals surface area (Å²) in [5.41, 5.74) is 4.89. The van der Waals surface area contributed by atoms with Gasteiger partial charge in [-0.25, -0.2) is 4.98 Å². The van der Waals surface area contributed by atoms with E-state index >= 15 is 0 Å². The summed E-state index contributed by atoms with van der Waals surface area (Å²) in [6.07, 6.45) is 7.43. The second-order valence-corrected chi connectivity index (χ2v) is 6.48. The van der Waals surface area contributed by atoms with Gasteiger partial charge in [-0.15, -0.1) is 11.8 Å². The van der Waals surface area contributed by atoms with Crippen LogP contribution in [-0.4, -0.2) is 21.4 Å². The van der Waals surface area contributed by atoms with Gasteiger partial charge in [0.15, 0.2) is 0 Å². The minimum Gasteiger partial charge on any atom is -0.264 e. The largest absolute Gasteiger partial charge is 0.264 e. The topological polar surface area (TPSA) is 38.1 Å². The second kappa shape index (κ2) is 6.42. The lowest BCUT2D eigenvalue weighted by Gasteiger charge is -2.08. The van der Waals surface area contributed by atoms with Crippen molar-refractivity contribution in [2.75, 3.05) is 5.75 Å². The molecule has 0 N–H and O–H groups in total. The zero-order valence-electron chi connectivity index (χ0n) is 13.0. The summed E-state index contributed by atoms with van der Waals surface area (Å²) in [4.78, 5) is 14.7. The summed E-state index contributed by atoms with van der Waals surface area (Å²) in [6.45, 7) is 4.12. The number of benzene rings is 1. The molecule has 0 atom stereocenters. The highest BCUT2D eigenvalue weighted by atomic mass is 32.2. The Kier molecular flexibility index (Phi) is 3.97. The van der Waals surface area contributed by atoms with Gasteiger partial charge in [0.25, 0.3) is 0 Å². The molecule has 3 heterocycles. The lowest BCUT2D eigenvalue weighted by Crippen LogP contribution is -2.07. The van der Waals surface area contributed by atoms with Crippen LogP contribution in [0.3, 0.4) is 0 Å². The molecule has 1 aromatic carbocycles. The summed E-state index contributed by atoms with van der Waals surface area (Å²) in [6, 6.07) is 14.2. The molecule has 1 aliphatic heterocycles. The van der Waals surface area contributed by atoms with E-state index in [0.29, 0.717) is 0 Å². The predicted molar refractivity (Wildman–Crippen MR) is 101 cm³/mol. The number of aromatic nitrogens is 2. The normalized spacial score (nSPS) is 15.8. The minimum atomic E-state index is 0.738. The molecule has 24 heavy (non-hydrogen) atoms. The van der Waals surface area contributed by atoms with Gasteiger partial charge in [-0.3, -0.25) is 9.98 Å². The Hall–Kier alpha value is -2.72. The number of rotatable bonds is 1.